The summed E-state index contributed by atoms with van der Waals surface area (Å²) in [7, 11) is 3.62. The largest absolute Gasteiger partial charge is 0.487 e. The van der Waals surface area contributed by atoms with E-state index in [1.165, 1.54) is 0 Å². The van der Waals surface area contributed by atoms with Crippen LogP contribution < -0.4 is 9.64 Å². The summed E-state index contributed by atoms with van der Waals surface area (Å²) in [5.41, 5.74) is 0.822. The summed E-state index contributed by atoms with van der Waals surface area (Å²) < 4.78 is 13.5. The van der Waals surface area contributed by atoms with Crippen molar-refractivity contribution in [3.63, 3.8) is 0 Å². The molecule has 1 amide bonds. The Labute approximate surface area is 153 Å². The van der Waals surface area contributed by atoms with E-state index >= 15 is 0 Å². The number of carbonyl (C=O) groups excluding carboxylic acids is 1. The van der Waals surface area contributed by atoms with Gasteiger partial charge < -0.3 is 18.9 Å². The first-order valence-corrected chi connectivity index (χ1v) is 8.93. The van der Waals surface area contributed by atoms with E-state index in [2.05, 4.69) is 9.88 Å². The van der Waals surface area contributed by atoms with Crippen LogP contribution in [0.4, 0.5) is 5.69 Å². The Kier molecular flexibility index (Phi) is 4.65. The number of aryl methyl sites for hydroxylation is 1. The molecule has 4 rings (SSSR count). The van der Waals surface area contributed by atoms with Crippen molar-refractivity contribution in [1.82, 2.24) is 14.5 Å². The van der Waals surface area contributed by atoms with Crippen LogP contribution in [0.3, 0.4) is 0 Å². The van der Waals surface area contributed by atoms with Gasteiger partial charge in [0.1, 0.15) is 17.7 Å². The summed E-state index contributed by atoms with van der Waals surface area (Å²) in [6.07, 6.45) is 4.42. The highest BCUT2D eigenvalue weighted by Crippen LogP contribution is 2.36. The average Bonchev–Trinajstić information content (AvgIpc) is 3.23. The molecule has 1 aromatic heterocycles. The van der Waals surface area contributed by atoms with Gasteiger partial charge in [0, 0.05) is 46.1 Å². The Balaban J connectivity index is 1.65. The van der Waals surface area contributed by atoms with E-state index in [4.69, 9.17) is 9.47 Å². The topological polar surface area (TPSA) is 59.8 Å². The van der Waals surface area contributed by atoms with Crippen molar-refractivity contribution in [3.8, 4) is 5.75 Å². The normalized spacial score (nSPS) is 22.7. The van der Waals surface area contributed by atoms with E-state index in [1.54, 1.807) is 18.2 Å². The van der Waals surface area contributed by atoms with Crippen LogP contribution in [0.5, 0.6) is 5.75 Å². The molecule has 7 nitrogen and oxygen atoms in total. The van der Waals surface area contributed by atoms with Gasteiger partial charge >= 0.3 is 0 Å². The number of ether oxygens (including phenoxy) is 2. The van der Waals surface area contributed by atoms with Gasteiger partial charge in [0.15, 0.2) is 0 Å². The summed E-state index contributed by atoms with van der Waals surface area (Å²) in [6.45, 7) is 2.34. The zero-order chi connectivity index (χ0) is 18.1. The highest BCUT2D eigenvalue weighted by molar-refractivity contribution is 5.99. The van der Waals surface area contributed by atoms with Crippen LogP contribution in [0.25, 0.3) is 0 Å². The standard InChI is InChI=1S/C19H24N4O3/c1-21-8-7-20-18(21)13-22-12-14-11-16(22)19(24)23(9-10-25-2)15-5-3-4-6-17(15)26-14/h3-8,14,16H,9-13H2,1-2H3. The molecular formula is C19H24N4O3. The van der Waals surface area contributed by atoms with E-state index in [9.17, 15) is 4.79 Å². The first-order chi connectivity index (χ1) is 12.7. The summed E-state index contributed by atoms with van der Waals surface area (Å²) in [4.78, 5) is 21.8. The number of benzene rings is 1. The van der Waals surface area contributed by atoms with Crippen LogP contribution >= 0.6 is 0 Å². The number of likely N-dealkylation sites (tertiary alicyclic amines) is 1. The van der Waals surface area contributed by atoms with Crippen LogP contribution in [0.1, 0.15) is 12.2 Å². The van der Waals surface area contributed by atoms with Crippen LogP contribution in [0, 0.1) is 0 Å². The van der Waals surface area contributed by atoms with Gasteiger partial charge in [-0.3, -0.25) is 9.69 Å². The maximum Gasteiger partial charge on any atom is 0.244 e. The molecule has 2 atom stereocenters. The Morgan fingerprint density at radius 1 is 1.35 bits per heavy atom. The second-order valence-electron chi connectivity index (χ2n) is 6.83. The zero-order valence-electron chi connectivity index (χ0n) is 15.2. The predicted molar refractivity (Wildman–Crippen MR) is 97.1 cm³/mol. The van der Waals surface area contributed by atoms with Crippen molar-refractivity contribution in [2.45, 2.75) is 25.1 Å². The predicted octanol–water partition coefficient (Wildman–Crippen LogP) is 1.44. The van der Waals surface area contributed by atoms with E-state index in [0.29, 0.717) is 26.1 Å². The third-order valence-corrected chi connectivity index (χ3v) is 5.15. The van der Waals surface area contributed by atoms with E-state index in [0.717, 1.165) is 23.8 Å². The van der Waals surface area contributed by atoms with Gasteiger partial charge in [-0.05, 0) is 12.1 Å². The quantitative estimate of drug-likeness (QED) is 0.811. The van der Waals surface area contributed by atoms with Crippen molar-refractivity contribution in [2.24, 2.45) is 7.05 Å². The Morgan fingerprint density at radius 2 is 2.19 bits per heavy atom. The lowest BCUT2D eigenvalue weighted by molar-refractivity contribution is -0.123. The number of para-hydroxylation sites is 2. The molecule has 0 radical (unpaired) electrons. The fourth-order valence-corrected chi connectivity index (χ4v) is 3.78. The number of fused-ring (bicyclic) bond motifs is 3. The molecule has 0 aliphatic carbocycles. The summed E-state index contributed by atoms with van der Waals surface area (Å²) >= 11 is 0. The van der Waals surface area contributed by atoms with Crippen LogP contribution in [0.2, 0.25) is 0 Å². The number of imidazole rings is 1. The molecular weight excluding hydrogens is 332 g/mol. The van der Waals surface area contributed by atoms with Crippen molar-refractivity contribution < 1.29 is 14.3 Å². The first-order valence-electron chi connectivity index (χ1n) is 8.93. The summed E-state index contributed by atoms with van der Waals surface area (Å²) in [6, 6.07) is 7.55. The van der Waals surface area contributed by atoms with Crippen LogP contribution in [0.15, 0.2) is 36.7 Å². The molecule has 2 aromatic rings. The second kappa shape index (κ2) is 7.09. The van der Waals surface area contributed by atoms with Crippen LogP contribution in [-0.4, -0.2) is 59.3 Å². The highest BCUT2D eigenvalue weighted by atomic mass is 16.5. The molecule has 0 N–H and O–H groups in total. The molecule has 0 spiro atoms. The fraction of sp³-hybridized carbons (Fsp3) is 0.474. The molecule has 0 saturated carbocycles. The number of amides is 1. The molecule has 7 heteroatoms. The van der Waals surface area contributed by atoms with E-state index in [-0.39, 0.29) is 18.1 Å². The van der Waals surface area contributed by atoms with Crippen molar-refractivity contribution in [3.05, 3.63) is 42.5 Å². The first kappa shape index (κ1) is 17.1. The maximum atomic E-state index is 13.4. The molecule has 1 fully saturated rings. The lowest BCUT2D eigenvalue weighted by atomic mass is 10.1. The number of aromatic nitrogens is 2. The third kappa shape index (κ3) is 3.08. The number of hydrogen-bond donors (Lipinski definition) is 0. The second-order valence-corrected chi connectivity index (χ2v) is 6.83. The average molecular weight is 356 g/mol. The Morgan fingerprint density at radius 3 is 2.96 bits per heavy atom. The van der Waals surface area contributed by atoms with Gasteiger partial charge in [0.05, 0.1) is 24.9 Å². The Hall–Kier alpha value is -2.38. The minimum Gasteiger partial charge on any atom is -0.487 e. The fourth-order valence-electron chi connectivity index (χ4n) is 3.78. The van der Waals surface area contributed by atoms with Gasteiger partial charge in [0.25, 0.3) is 0 Å². The number of nitrogens with zero attached hydrogens (tertiary/aromatic N) is 4. The number of methoxy groups -OCH3 is 1. The molecule has 2 aliphatic rings. The van der Waals surface area contributed by atoms with E-state index < -0.39 is 0 Å². The molecule has 26 heavy (non-hydrogen) atoms. The zero-order valence-corrected chi connectivity index (χ0v) is 15.2. The monoisotopic (exact) mass is 356 g/mol. The van der Waals surface area contributed by atoms with Crippen molar-refractivity contribution in [2.75, 3.05) is 31.7 Å². The van der Waals surface area contributed by atoms with E-state index in [1.807, 2.05) is 42.1 Å². The van der Waals surface area contributed by atoms with Gasteiger partial charge in [-0.1, -0.05) is 12.1 Å². The number of hydrogen-bond acceptors (Lipinski definition) is 5. The van der Waals surface area contributed by atoms with Gasteiger partial charge in [0.2, 0.25) is 5.91 Å². The number of carbonyl (C=O) groups is 1. The molecule has 2 unspecified atom stereocenters. The van der Waals surface area contributed by atoms with Gasteiger partial charge in [-0.15, -0.1) is 0 Å². The molecule has 138 valence electrons. The summed E-state index contributed by atoms with van der Waals surface area (Å²) in [5, 5.41) is 0. The highest BCUT2D eigenvalue weighted by Gasteiger charge is 2.43. The maximum absolute atomic E-state index is 13.4. The Bertz CT molecular complexity index is 791. The van der Waals surface area contributed by atoms with Crippen molar-refractivity contribution in [1.29, 1.82) is 0 Å². The lowest BCUT2D eigenvalue weighted by Gasteiger charge is -2.31. The van der Waals surface area contributed by atoms with Crippen molar-refractivity contribution >= 4 is 11.6 Å². The minimum absolute atomic E-state index is 0.00921. The number of anilines is 1. The summed E-state index contributed by atoms with van der Waals surface area (Å²) in [5.74, 6) is 1.82. The molecule has 2 bridgehead atoms. The number of rotatable bonds is 5. The van der Waals surface area contributed by atoms with Crippen LogP contribution in [-0.2, 0) is 23.1 Å². The van der Waals surface area contributed by atoms with Gasteiger partial charge in [-0.25, -0.2) is 4.98 Å². The molecule has 2 aliphatic heterocycles. The molecule has 1 aromatic carbocycles. The molecule has 1 saturated heterocycles. The third-order valence-electron chi connectivity index (χ3n) is 5.15. The lowest BCUT2D eigenvalue weighted by Crippen LogP contribution is -2.47. The SMILES string of the molecule is COCCN1C(=O)C2CC(CN2Cc2nccn2C)Oc2ccccc21. The molecule has 3 heterocycles. The van der Waals surface area contributed by atoms with Gasteiger partial charge in [-0.2, -0.15) is 0 Å². The minimum atomic E-state index is -0.207. The smallest absolute Gasteiger partial charge is 0.244 e.